The van der Waals surface area contributed by atoms with Gasteiger partial charge in [0.15, 0.2) is 11.5 Å². The lowest BCUT2D eigenvalue weighted by Gasteiger charge is -2.18. The Morgan fingerprint density at radius 1 is 1.29 bits per heavy atom. The van der Waals surface area contributed by atoms with E-state index in [-0.39, 0.29) is 6.42 Å². The van der Waals surface area contributed by atoms with E-state index >= 15 is 0 Å². The number of ether oxygens (including phenoxy) is 2. The zero-order valence-electron chi connectivity index (χ0n) is 7.49. The summed E-state index contributed by atoms with van der Waals surface area (Å²) in [4.78, 5) is 10.4. The van der Waals surface area contributed by atoms with E-state index in [4.69, 9.17) is 9.47 Å². The first-order valence-electron chi connectivity index (χ1n) is 4.34. The first-order valence-corrected chi connectivity index (χ1v) is 4.34. The smallest absolute Gasteiger partial charge is 0.161 e. The monoisotopic (exact) mass is 193 g/mol. The highest BCUT2D eigenvalue weighted by Crippen LogP contribution is 2.30. The van der Waals surface area contributed by atoms with E-state index in [1.165, 1.54) is 0 Å². The van der Waals surface area contributed by atoms with Gasteiger partial charge in [-0.3, -0.25) is 0 Å². The van der Waals surface area contributed by atoms with Gasteiger partial charge in [-0.2, -0.15) is 0 Å². The number of hydrogen-bond donors (Lipinski definition) is 0. The SMILES string of the molecule is O=C([O-])Cc1ccc2c(c1)OCCO2. The number of aliphatic carboxylic acids is 1. The third-order valence-electron chi connectivity index (χ3n) is 1.96. The average Bonchev–Trinajstić information content (AvgIpc) is 2.17. The Morgan fingerprint density at radius 2 is 2.00 bits per heavy atom. The summed E-state index contributed by atoms with van der Waals surface area (Å²) in [5.41, 5.74) is 0.661. The molecule has 1 aromatic carbocycles. The van der Waals surface area contributed by atoms with Gasteiger partial charge in [-0.15, -0.1) is 0 Å². The molecule has 0 bridgehead atoms. The predicted octanol–water partition coefficient (Wildman–Crippen LogP) is -0.250. The highest BCUT2D eigenvalue weighted by molar-refractivity contribution is 5.68. The summed E-state index contributed by atoms with van der Waals surface area (Å²) in [6.07, 6.45) is -0.101. The van der Waals surface area contributed by atoms with Gasteiger partial charge in [-0.25, -0.2) is 0 Å². The van der Waals surface area contributed by atoms with Crippen LogP contribution in [0.15, 0.2) is 18.2 Å². The number of fused-ring (bicyclic) bond motifs is 1. The van der Waals surface area contributed by atoms with Crippen LogP contribution in [-0.2, 0) is 11.2 Å². The lowest BCUT2D eigenvalue weighted by atomic mass is 10.1. The summed E-state index contributed by atoms with van der Waals surface area (Å²) < 4.78 is 10.6. The van der Waals surface area contributed by atoms with Crippen LogP contribution in [0.4, 0.5) is 0 Å². The summed E-state index contributed by atoms with van der Waals surface area (Å²) in [7, 11) is 0. The first kappa shape index (κ1) is 8.87. The number of benzene rings is 1. The second kappa shape index (κ2) is 3.57. The van der Waals surface area contributed by atoms with Crippen molar-refractivity contribution < 1.29 is 19.4 Å². The van der Waals surface area contributed by atoms with Gasteiger partial charge in [0, 0.05) is 12.4 Å². The van der Waals surface area contributed by atoms with Gasteiger partial charge in [-0.05, 0) is 17.7 Å². The lowest BCUT2D eigenvalue weighted by molar-refractivity contribution is -0.304. The van der Waals surface area contributed by atoms with Crippen molar-refractivity contribution in [3.63, 3.8) is 0 Å². The van der Waals surface area contributed by atoms with Gasteiger partial charge in [0.25, 0.3) is 0 Å². The quantitative estimate of drug-likeness (QED) is 0.649. The summed E-state index contributed by atoms with van der Waals surface area (Å²) >= 11 is 0. The van der Waals surface area contributed by atoms with E-state index < -0.39 is 5.97 Å². The Bertz CT molecular complexity index is 359. The number of carboxylic acids is 1. The van der Waals surface area contributed by atoms with Crippen molar-refractivity contribution in [3.05, 3.63) is 23.8 Å². The number of carbonyl (C=O) groups is 1. The van der Waals surface area contributed by atoms with Crippen LogP contribution < -0.4 is 14.6 Å². The van der Waals surface area contributed by atoms with Gasteiger partial charge in [-0.1, -0.05) is 6.07 Å². The topological polar surface area (TPSA) is 58.6 Å². The Morgan fingerprint density at radius 3 is 2.71 bits per heavy atom. The molecule has 1 aliphatic rings. The number of hydrogen-bond acceptors (Lipinski definition) is 4. The molecule has 2 rings (SSSR count). The molecule has 0 aromatic heterocycles. The number of carbonyl (C=O) groups excluding carboxylic acids is 1. The van der Waals surface area contributed by atoms with Crippen LogP contribution in [0.25, 0.3) is 0 Å². The molecule has 4 nitrogen and oxygen atoms in total. The molecule has 0 atom stereocenters. The minimum absolute atomic E-state index is 0.101. The molecular formula is C10H9O4-. The summed E-state index contributed by atoms with van der Waals surface area (Å²) in [6, 6.07) is 5.08. The molecule has 1 heterocycles. The van der Waals surface area contributed by atoms with E-state index in [1.807, 2.05) is 0 Å². The van der Waals surface area contributed by atoms with Gasteiger partial charge in [0.05, 0.1) is 0 Å². The Labute approximate surface area is 81.1 Å². The van der Waals surface area contributed by atoms with Crippen LogP contribution in [0.2, 0.25) is 0 Å². The molecule has 0 spiro atoms. The second-order valence-corrected chi connectivity index (χ2v) is 3.03. The summed E-state index contributed by atoms with van der Waals surface area (Å²) in [6.45, 7) is 1.04. The Balaban J connectivity index is 2.24. The van der Waals surface area contributed by atoms with Crippen molar-refractivity contribution in [2.24, 2.45) is 0 Å². The van der Waals surface area contributed by atoms with Crippen LogP contribution in [0.1, 0.15) is 5.56 Å². The molecule has 1 aliphatic heterocycles. The van der Waals surface area contributed by atoms with Crippen LogP contribution >= 0.6 is 0 Å². The van der Waals surface area contributed by atoms with Crippen molar-refractivity contribution in [1.82, 2.24) is 0 Å². The first-order chi connectivity index (χ1) is 6.75. The highest BCUT2D eigenvalue weighted by Gasteiger charge is 2.11. The van der Waals surface area contributed by atoms with E-state index in [2.05, 4.69) is 0 Å². The zero-order valence-corrected chi connectivity index (χ0v) is 7.49. The van der Waals surface area contributed by atoms with E-state index in [1.54, 1.807) is 18.2 Å². The Kier molecular flexibility index (Phi) is 2.26. The molecule has 0 saturated heterocycles. The third-order valence-corrected chi connectivity index (χ3v) is 1.96. The molecule has 0 N–H and O–H groups in total. The molecule has 1 aromatic rings. The number of carboxylic acid groups (broad SMARTS) is 1. The molecule has 74 valence electrons. The van der Waals surface area contributed by atoms with Gasteiger partial charge in [0.2, 0.25) is 0 Å². The van der Waals surface area contributed by atoms with Crippen molar-refractivity contribution in [1.29, 1.82) is 0 Å². The fourth-order valence-electron chi connectivity index (χ4n) is 1.36. The van der Waals surface area contributed by atoms with Crippen LogP contribution in [-0.4, -0.2) is 19.2 Å². The van der Waals surface area contributed by atoms with Crippen molar-refractivity contribution in [2.45, 2.75) is 6.42 Å². The summed E-state index contributed by atoms with van der Waals surface area (Å²) in [5.74, 6) is 0.176. The zero-order chi connectivity index (χ0) is 9.97. The Hall–Kier alpha value is -1.71. The van der Waals surface area contributed by atoms with E-state index in [9.17, 15) is 9.90 Å². The lowest BCUT2D eigenvalue weighted by Crippen LogP contribution is -2.24. The standard InChI is InChI=1S/C10H10O4/c11-10(12)6-7-1-2-8-9(5-7)14-4-3-13-8/h1-2,5H,3-4,6H2,(H,11,12)/p-1. The van der Waals surface area contributed by atoms with E-state index in [0.29, 0.717) is 30.3 Å². The molecule has 0 unspecified atom stereocenters. The fraction of sp³-hybridized carbons (Fsp3) is 0.300. The molecule has 0 amide bonds. The summed E-state index contributed by atoms with van der Waals surface area (Å²) in [5, 5.41) is 10.4. The molecule has 0 saturated carbocycles. The average molecular weight is 193 g/mol. The minimum atomic E-state index is -1.10. The highest BCUT2D eigenvalue weighted by atomic mass is 16.6. The van der Waals surface area contributed by atoms with Crippen molar-refractivity contribution in [2.75, 3.05) is 13.2 Å². The van der Waals surface area contributed by atoms with Crippen LogP contribution in [0.3, 0.4) is 0 Å². The van der Waals surface area contributed by atoms with Crippen molar-refractivity contribution >= 4 is 5.97 Å². The van der Waals surface area contributed by atoms with Gasteiger partial charge >= 0.3 is 0 Å². The third kappa shape index (κ3) is 1.79. The molecule has 0 fully saturated rings. The maximum absolute atomic E-state index is 10.4. The maximum Gasteiger partial charge on any atom is 0.161 e. The largest absolute Gasteiger partial charge is 0.550 e. The molecular weight excluding hydrogens is 184 g/mol. The van der Waals surface area contributed by atoms with Crippen LogP contribution in [0.5, 0.6) is 11.5 Å². The van der Waals surface area contributed by atoms with Gasteiger partial charge < -0.3 is 19.4 Å². The normalized spacial score (nSPS) is 13.7. The van der Waals surface area contributed by atoms with Crippen LogP contribution in [0, 0.1) is 0 Å². The van der Waals surface area contributed by atoms with Gasteiger partial charge in [0.1, 0.15) is 13.2 Å². The minimum Gasteiger partial charge on any atom is -0.550 e. The fourth-order valence-corrected chi connectivity index (χ4v) is 1.36. The molecule has 0 aliphatic carbocycles. The number of rotatable bonds is 2. The molecule has 4 heteroatoms. The van der Waals surface area contributed by atoms with E-state index in [0.717, 1.165) is 0 Å². The second-order valence-electron chi connectivity index (χ2n) is 3.03. The maximum atomic E-state index is 10.4. The predicted molar refractivity (Wildman–Crippen MR) is 46.1 cm³/mol. The van der Waals surface area contributed by atoms with Crippen molar-refractivity contribution in [3.8, 4) is 11.5 Å². The molecule has 0 radical (unpaired) electrons. The molecule has 14 heavy (non-hydrogen) atoms.